The van der Waals surface area contributed by atoms with Crippen molar-refractivity contribution in [2.45, 2.75) is 25.5 Å². The molecule has 1 N–H and O–H groups in total. The Hall–Kier alpha value is -2.02. The van der Waals surface area contributed by atoms with E-state index in [1.54, 1.807) is 37.4 Å². The molecule has 8 heteroatoms. The average Bonchev–Trinajstić information content (AvgIpc) is 2.88. The smallest absolute Gasteiger partial charge is 0.242 e. The van der Waals surface area contributed by atoms with E-state index < -0.39 is 5.25 Å². The number of amides is 2. The van der Waals surface area contributed by atoms with Crippen LogP contribution in [0.5, 0.6) is 0 Å². The zero-order valence-corrected chi connectivity index (χ0v) is 18.0. The van der Waals surface area contributed by atoms with Crippen LogP contribution in [0.25, 0.3) is 0 Å². The molecule has 1 atom stereocenters. The maximum Gasteiger partial charge on any atom is 0.242 e. The fourth-order valence-corrected chi connectivity index (χ4v) is 4.28. The molecule has 2 aromatic rings. The summed E-state index contributed by atoms with van der Waals surface area (Å²) in [6, 6.07) is 10.7. The Morgan fingerprint density at radius 3 is 2.54 bits per heavy atom. The van der Waals surface area contributed by atoms with Gasteiger partial charge in [-0.1, -0.05) is 41.0 Å². The SMILES string of the molecule is Cc1ccc(Cl)cc1N=C1S[C@H](CC(=O)Nc2ccc(Cl)cc2C)C(=O)N1C. The first kappa shape index (κ1) is 20.7. The van der Waals surface area contributed by atoms with E-state index in [1.807, 2.05) is 19.9 Å². The number of carbonyl (C=O) groups is 2. The minimum Gasteiger partial charge on any atom is -0.326 e. The summed E-state index contributed by atoms with van der Waals surface area (Å²) in [4.78, 5) is 31.0. The lowest BCUT2D eigenvalue weighted by Crippen LogP contribution is -2.30. The van der Waals surface area contributed by atoms with Crippen molar-refractivity contribution in [3.8, 4) is 0 Å². The van der Waals surface area contributed by atoms with E-state index in [1.165, 1.54) is 16.7 Å². The van der Waals surface area contributed by atoms with Gasteiger partial charge < -0.3 is 5.32 Å². The van der Waals surface area contributed by atoms with Gasteiger partial charge in [-0.15, -0.1) is 0 Å². The van der Waals surface area contributed by atoms with Crippen LogP contribution in [0.15, 0.2) is 41.4 Å². The number of hydrogen-bond donors (Lipinski definition) is 1. The maximum absolute atomic E-state index is 12.6. The fourth-order valence-electron chi connectivity index (χ4n) is 2.74. The Labute approximate surface area is 178 Å². The molecule has 0 spiro atoms. The van der Waals surface area contributed by atoms with Gasteiger partial charge in [0, 0.05) is 29.2 Å². The second-order valence-electron chi connectivity index (χ2n) is 6.54. The van der Waals surface area contributed by atoms with Crippen molar-refractivity contribution < 1.29 is 9.59 Å². The number of amidine groups is 1. The van der Waals surface area contributed by atoms with Gasteiger partial charge in [-0.05, 0) is 55.3 Å². The normalized spacial score (nSPS) is 18.0. The second-order valence-corrected chi connectivity index (χ2v) is 8.58. The van der Waals surface area contributed by atoms with Crippen molar-refractivity contribution in [3.05, 3.63) is 57.6 Å². The zero-order valence-electron chi connectivity index (χ0n) is 15.6. The summed E-state index contributed by atoms with van der Waals surface area (Å²) >= 11 is 13.3. The lowest BCUT2D eigenvalue weighted by atomic mass is 10.2. The van der Waals surface area contributed by atoms with Crippen LogP contribution in [-0.4, -0.2) is 34.2 Å². The molecular formula is C20H19Cl2N3O2S. The molecule has 1 aliphatic heterocycles. The lowest BCUT2D eigenvalue weighted by molar-refractivity contribution is -0.127. The highest BCUT2D eigenvalue weighted by molar-refractivity contribution is 8.15. The van der Waals surface area contributed by atoms with Gasteiger partial charge in [0.25, 0.3) is 0 Å². The molecule has 0 aromatic heterocycles. The van der Waals surface area contributed by atoms with Gasteiger partial charge in [0.2, 0.25) is 11.8 Å². The number of rotatable bonds is 4. The molecule has 3 rings (SSSR count). The van der Waals surface area contributed by atoms with Gasteiger partial charge in [0.05, 0.1) is 5.69 Å². The summed E-state index contributed by atoms with van der Waals surface area (Å²) in [5, 5.41) is 4.06. The predicted octanol–water partition coefficient (Wildman–Crippen LogP) is 5.20. The molecule has 0 bridgehead atoms. The predicted molar refractivity (Wildman–Crippen MR) is 117 cm³/mol. The van der Waals surface area contributed by atoms with Crippen molar-refractivity contribution in [2.24, 2.45) is 4.99 Å². The quantitative estimate of drug-likeness (QED) is 0.717. The minimum absolute atomic E-state index is 0.0590. The Bertz CT molecular complexity index is 978. The average molecular weight is 436 g/mol. The van der Waals surface area contributed by atoms with Gasteiger partial charge in [-0.2, -0.15) is 0 Å². The van der Waals surface area contributed by atoms with E-state index in [0.29, 0.717) is 26.6 Å². The third-order valence-electron chi connectivity index (χ3n) is 4.36. The van der Waals surface area contributed by atoms with Crippen LogP contribution >= 0.6 is 35.0 Å². The number of halogens is 2. The number of nitrogens with zero attached hydrogens (tertiary/aromatic N) is 2. The Balaban J connectivity index is 1.71. The summed E-state index contributed by atoms with van der Waals surface area (Å²) < 4.78 is 0. The van der Waals surface area contributed by atoms with Crippen molar-refractivity contribution in [3.63, 3.8) is 0 Å². The third-order valence-corrected chi connectivity index (χ3v) is 6.06. The molecule has 0 unspecified atom stereocenters. The van der Waals surface area contributed by atoms with E-state index in [-0.39, 0.29) is 18.2 Å². The van der Waals surface area contributed by atoms with Crippen molar-refractivity contribution in [1.29, 1.82) is 0 Å². The highest BCUT2D eigenvalue weighted by Crippen LogP contribution is 2.32. The standard InChI is InChI=1S/C20H19Cl2N3O2S/c1-11-4-5-14(22)9-16(11)24-20-25(3)19(27)17(28-20)10-18(26)23-15-7-6-13(21)8-12(15)2/h4-9,17H,10H2,1-3H3,(H,23,26)/t17-/m1/s1. The van der Waals surface area contributed by atoms with Gasteiger partial charge >= 0.3 is 0 Å². The molecule has 0 radical (unpaired) electrons. The van der Waals surface area contributed by atoms with Crippen LogP contribution in [0, 0.1) is 13.8 Å². The molecule has 5 nitrogen and oxygen atoms in total. The highest BCUT2D eigenvalue weighted by atomic mass is 35.5. The Kier molecular flexibility index (Phi) is 6.33. The monoisotopic (exact) mass is 435 g/mol. The van der Waals surface area contributed by atoms with Crippen molar-refractivity contribution in [1.82, 2.24) is 4.90 Å². The van der Waals surface area contributed by atoms with E-state index in [0.717, 1.165) is 11.1 Å². The van der Waals surface area contributed by atoms with Gasteiger partial charge in [0.15, 0.2) is 5.17 Å². The molecule has 0 aliphatic carbocycles. The number of nitrogens with one attached hydrogen (secondary N) is 1. The summed E-state index contributed by atoms with van der Waals surface area (Å²) in [6.07, 6.45) is 0.0590. The third kappa shape index (κ3) is 4.69. The van der Waals surface area contributed by atoms with E-state index in [2.05, 4.69) is 10.3 Å². The molecule has 1 saturated heterocycles. The molecule has 2 aromatic carbocycles. The second kappa shape index (κ2) is 8.55. The van der Waals surface area contributed by atoms with Gasteiger partial charge in [0.1, 0.15) is 5.25 Å². The van der Waals surface area contributed by atoms with Crippen LogP contribution in [0.3, 0.4) is 0 Å². The molecule has 1 fully saturated rings. The van der Waals surface area contributed by atoms with Crippen LogP contribution in [0.2, 0.25) is 10.0 Å². The lowest BCUT2D eigenvalue weighted by Gasteiger charge is -2.11. The molecule has 28 heavy (non-hydrogen) atoms. The molecule has 0 saturated carbocycles. The van der Waals surface area contributed by atoms with Crippen molar-refractivity contribution in [2.75, 3.05) is 12.4 Å². The number of aryl methyl sites for hydroxylation is 2. The van der Waals surface area contributed by atoms with Crippen molar-refractivity contribution >= 4 is 63.3 Å². The minimum atomic E-state index is -0.518. The molecule has 2 amide bonds. The number of thioether (sulfide) groups is 1. The number of benzene rings is 2. The van der Waals surface area contributed by atoms with Crippen LogP contribution in [0.1, 0.15) is 17.5 Å². The Morgan fingerprint density at radius 1 is 1.14 bits per heavy atom. The largest absolute Gasteiger partial charge is 0.326 e. The summed E-state index contributed by atoms with van der Waals surface area (Å²) in [7, 11) is 1.66. The molecular weight excluding hydrogens is 417 g/mol. The number of carbonyl (C=O) groups excluding carboxylic acids is 2. The number of aliphatic imine (C=N–C) groups is 1. The van der Waals surface area contributed by atoms with E-state index in [9.17, 15) is 9.59 Å². The van der Waals surface area contributed by atoms with Gasteiger partial charge in [-0.3, -0.25) is 14.5 Å². The topological polar surface area (TPSA) is 61.8 Å². The van der Waals surface area contributed by atoms with Gasteiger partial charge in [-0.25, -0.2) is 4.99 Å². The molecule has 146 valence electrons. The van der Waals surface area contributed by atoms with E-state index >= 15 is 0 Å². The zero-order chi connectivity index (χ0) is 20.4. The highest BCUT2D eigenvalue weighted by Gasteiger charge is 2.37. The van der Waals surface area contributed by atoms with Crippen LogP contribution < -0.4 is 5.32 Å². The fraction of sp³-hybridized carbons (Fsp3) is 0.250. The van der Waals surface area contributed by atoms with Crippen LogP contribution in [-0.2, 0) is 9.59 Å². The maximum atomic E-state index is 12.6. The first-order chi connectivity index (χ1) is 13.2. The Morgan fingerprint density at radius 2 is 1.82 bits per heavy atom. The number of hydrogen-bond acceptors (Lipinski definition) is 4. The molecule has 1 heterocycles. The summed E-state index contributed by atoms with van der Waals surface area (Å²) in [5.74, 6) is -0.378. The first-order valence-corrected chi connectivity index (χ1v) is 10.2. The van der Waals surface area contributed by atoms with Crippen LogP contribution in [0.4, 0.5) is 11.4 Å². The summed E-state index contributed by atoms with van der Waals surface area (Å²) in [6.45, 7) is 3.79. The van der Waals surface area contributed by atoms with E-state index in [4.69, 9.17) is 23.2 Å². The summed E-state index contributed by atoms with van der Waals surface area (Å²) in [5.41, 5.74) is 3.21. The first-order valence-electron chi connectivity index (χ1n) is 8.59. The molecule has 1 aliphatic rings. The number of anilines is 1.